The van der Waals surface area contributed by atoms with Gasteiger partial charge in [0.25, 0.3) is 0 Å². The molecule has 1 aliphatic heterocycles. The van der Waals surface area contributed by atoms with Crippen molar-refractivity contribution in [3.05, 3.63) is 35.9 Å². The topological polar surface area (TPSA) is 15.3 Å². The number of rotatable bonds is 6. The Balaban J connectivity index is 2.12. The van der Waals surface area contributed by atoms with E-state index in [0.29, 0.717) is 5.41 Å². The number of piperidine rings is 1. The molecule has 1 N–H and O–H groups in total. The number of likely N-dealkylation sites (tertiary alicyclic amines) is 1. The van der Waals surface area contributed by atoms with Crippen LogP contribution in [0.15, 0.2) is 30.3 Å². The SMILES string of the molecule is CCNCC(C)(CN1CCCC(C)(C)C1)c1ccccc1. The van der Waals surface area contributed by atoms with Gasteiger partial charge in [-0.1, -0.05) is 58.0 Å². The summed E-state index contributed by atoms with van der Waals surface area (Å²) in [4.78, 5) is 2.67. The maximum Gasteiger partial charge on any atom is 0.0177 e. The van der Waals surface area contributed by atoms with Crippen LogP contribution in [0.5, 0.6) is 0 Å². The molecule has 21 heavy (non-hydrogen) atoms. The second kappa shape index (κ2) is 6.93. The van der Waals surface area contributed by atoms with Crippen molar-refractivity contribution in [3.8, 4) is 0 Å². The molecular formula is C19H32N2. The van der Waals surface area contributed by atoms with Gasteiger partial charge in [-0.25, -0.2) is 0 Å². The summed E-state index contributed by atoms with van der Waals surface area (Å²) in [5.74, 6) is 0. The van der Waals surface area contributed by atoms with E-state index in [4.69, 9.17) is 0 Å². The third-order valence-corrected chi connectivity index (χ3v) is 4.79. The average Bonchev–Trinajstić information content (AvgIpc) is 2.45. The smallest absolute Gasteiger partial charge is 0.0177 e. The summed E-state index contributed by atoms with van der Waals surface area (Å²) in [5, 5.41) is 3.57. The maximum atomic E-state index is 3.57. The molecule has 0 amide bonds. The molecule has 2 heteroatoms. The van der Waals surface area contributed by atoms with Crippen molar-refractivity contribution >= 4 is 0 Å². The van der Waals surface area contributed by atoms with Crippen LogP contribution in [0.3, 0.4) is 0 Å². The Kier molecular flexibility index (Phi) is 5.45. The van der Waals surface area contributed by atoms with Gasteiger partial charge in [0.1, 0.15) is 0 Å². The molecule has 1 fully saturated rings. The summed E-state index contributed by atoms with van der Waals surface area (Å²) in [6, 6.07) is 11.0. The fourth-order valence-electron chi connectivity index (χ4n) is 3.66. The van der Waals surface area contributed by atoms with E-state index in [1.54, 1.807) is 0 Å². The summed E-state index contributed by atoms with van der Waals surface area (Å²) in [7, 11) is 0. The summed E-state index contributed by atoms with van der Waals surface area (Å²) in [5.41, 5.74) is 2.10. The zero-order chi connectivity index (χ0) is 15.3. The van der Waals surface area contributed by atoms with Gasteiger partial charge >= 0.3 is 0 Å². The first-order valence-corrected chi connectivity index (χ1v) is 8.44. The zero-order valence-electron chi connectivity index (χ0n) is 14.3. The van der Waals surface area contributed by atoms with Crippen molar-refractivity contribution in [2.45, 2.75) is 46.0 Å². The molecule has 0 radical (unpaired) electrons. The maximum absolute atomic E-state index is 3.57. The van der Waals surface area contributed by atoms with Gasteiger partial charge in [-0.05, 0) is 36.9 Å². The minimum absolute atomic E-state index is 0.185. The van der Waals surface area contributed by atoms with E-state index in [1.807, 2.05) is 0 Å². The lowest BCUT2D eigenvalue weighted by molar-refractivity contribution is 0.0956. The van der Waals surface area contributed by atoms with Crippen molar-refractivity contribution in [2.75, 3.05) is 32.7 Å². The third kappa shape index (κ3) is 4.55. The van der Waals surface area contributed by atoms with Crippen molar-refractivity contribution in [3.63, 3.8) is 0 Å². The third-order valence-electron chi connectivity index (χ3n) is 4.79. The number of hydrogen-bond donors (Lipinski definition) is 1. The average molecular weight is 288 g/mol. The Labute approximate surface area is 130 Å². The van der Waals surface area contributed by atoms with Crippen LogP contribution in [-0.2, 0) is 5.41 Å². The van der Waals surface area contributed by atoms with Crippen molar-refractivity contribution < 1.29 is 0 Å². The lowest BCUT2D eigenvalue weighted by Gasteiger charge is -2.43. The second-order valence-corrected chi connectivity index (χ2v) is 7.69. The molecule has 0 saturated carbocycles. The van der Waals surface area contributed by atoms with E-state index in [9.17, 15) is 0 Å². The molecule has 1 aliphatic rings. The van der Waals surface area contributed by atoms with E-state index >= 15 is 0 Å². The Morgan fingerprint density at radius 2 is 1.95 bits per heavy atom. The molecule has 2 rings (SSSR count). The predicted octanol–water partition coefficient (Wildman–Crippen LogP) is 3.68. The largest absolute Gasteiger partial charge is 0.316 e. The van der Waals surface area contributed by atoms with Crippen LogP contribution in [-0.4, -0.2) is 37.6 Å². The summed E-state index contributed by atoms with van der Waals surface area (Å²) in [6.07, 6.45) is 2.69. The molecule has 1 saturated heterocycles. The fraction of sp³-hybridized carbons (Fsp3) is 0.684. The van der Waals surface area contributed by atoms with Crippen molar-refractivity contribution in [1.29, 1.82) is 0 Å². The van der Waals surface area contributed by atoms with Crippen molar-refractivity contribution in [2.24, 2.45) is 5.41 Å². The highest BCUT2D eigenvalue weighted by Crippen LogP contribution is 2.32. The normalized spacial score (nSPS) is 21.9. The number of likely N-dealkylation sites (N-methyl/N-ethyl adjacent to an activating group) is 1. The van der Waals surface area contributed by atoms with Crippen LogP contribution in [0.25, 0.3) is 0 Å². The van der Waals surface area contributed by atoms with E-state index in [0.717, 1.165) is 19.6 Å². The first-order valence-electron chi connectivity index (χ1n) is 8.44. The molecule has 0 aromatic heterocycles. The van der Waals surface area contributed by atoms with Gasteiger partial charge in [0.05, 0.1) is 0 Å². The van der Waals surface area contributed by atoms with E-state index < -0.39 is 0 Å². The number of benzene rings is 1. The quantitative estimate of drug-likeness (QED) is 0.859. The van der Waals surface area contributed by atoms with Crippen LogP contribution < -0.4 is 5.32 Å². The molecule has 0 bridgehead atoms. The number of nitrogens with one attached hydrogen (secondary N) is 1. The lowest BCUT2D eigenvalue weighted by atomic mass is 9.79. The number of hydrogen-bond acceptors (Lipinski definition) is 2. The van der Waals surface area contributed by atoms with Gasteiger partial charge in [0.2, 0.25) is 0 Å². The van der Waals surface area contributed by atoms with Gasteiger partial charge in [-0.3, -0.25) is 0 Å². The molecule has 118 valence electrons. The zero-order valence-corrected chi connectivity index (χ0v) is 14.3. The van der Waals surface area contributed by atoms with Crippen molar-refractivity contribution in [1.82, 2.24) is 10.2 Å². The Morgan fingerprint density at radius 3 is 2.57 bits per heavy atom. The summed E-state index contributed by atoms with van der Waals surface area (Å²) in [6.45, 7) is 15.1. The van der Waals surface area contributed by atoms with E-state index in [2.05, 4.69) is 68.2 Å². The Bertz CT molecular complexity index is 426. The molecule has 1 atom stereocenters. The lowest BCUT2D eigenvalue weighted by Crippen LogP contribution is -2.49. The highest BCUT2D eigenvalue weighted by Gasteiger charge is 2.33. The predicted molar refractivity (Wildman–Crippen MR) is 91.8 cm³/mol. The molecule has 0 aliphatic carbocycles. The summed E-state index contributed by atoms with van der Waals surface area (Å²) >= 11 is 0. The first-order chi connectivity index (χ1) is 9.95. The second-order valence-electron chi connectivity index (χ2n) is 7.69. The van der Waals surface area contributed by atoms with Crippen LogP contribution >= 0.6 is 0 Å². The van der Waals surface area contributed by atoms with Crippen LogP contribution in [0.4, 0.5) is 0 Å². The highest BCUT2D eigenvalue weighted by atomic mass is 15.1. The molecule has 0 spiro atoms. The minimum atomic E-state index is 0.185. The van der Waals surface area contributed by atoms with E-state index in [-0.39, 0.29) is 5.41 Å². The van der Waals surface area contributed by atoms with Crippen LogP contribution in [0, 0.1) is 5.41 Å². The van der Waals surface area contributed by atoms with Gasteiger partial charge in [-0.15, -0.1) is 0 Å². The number of nitrogens with zero attached hydrogens (tertiary/aromatic N) is 1. The molecule has 1 aromatic carbocycles. The van der Waals surface area contributed by atoms with Gasteiger partial charge in [0, 0.05) is 25.0 Å². The van der Waals surface area contributed by atoms with Crippen LogP contribution in [0.1, 0.15) is 46.1 Å². The van der Waals surface area contributed by atoms with Gasteiger partial charge < -0.3 is 10.2 Å². The molecule has 1 aromatic rings. The fourth-order valence-corrected chi connectivity index (χ4v) is 3.66. The molecule has 1 heterocycles. The van der Waals surface area contributed by atoms with Gasteiger partial charge in [0.15, 0.2) is 0 Å². The molecule has 2 nitrogen and oxygen atoms in total. The molecular weight excluding hydrogens is 256 g/mol. The minimum Gasteiger partial charge on any atom is -0.316 e. The first kappa shape index (κ1) is 16.5. The molecule has 1 unspecified atom stereocenters. The summed E-state index contributed by atoms with van der Waals surface area (Å²) < 4.78 is 0. The Morgan fingerprint density at radius 1 is 1.24 bits per heavy atom. The van der Waals surface area contributed by atoms with Crippen LogP contribution in [0.2, 0.25) is 0 Å². The van der Waals surface area contributed by atoms with Gasteiger partial charge in [-0.2, -0.15) is 0 Å². The van der Waals surface area contributed by atoms with E-state index in [1.165, 1.54) is 31.5 Å². The highest BCUT2D eigenvalue weighted by molar-refractivity contribution is 5.25. The standard InChI is InChI=1S/C19H32N2/c1-5-20-14-19(4,17-10-7-6-8-11-17)16-21-13-9-12-18(2,3)15-21/h6-8,10-11,20H,5,9,12-16H2,1-4H3. The monoisotopic (exact) mass is 288 g/mol. The Hall–Kier alpha value is -0.860.